The van der Waals surface area contributed by atoms with Crippen molar-refractivity contribution in [3.8, 4) is 11.8 Å². The number of aliphatic hydroxyl groups is 1. The Balaban J connectivity index is 1.70. The van der Waals surface area contributed by atoms with Crippen molar-refractivity contribution in [3.05, 3.63) is 0 Å². The van der Waals surface area contributed by atoms with Gasteiger partial charge in [0.25, 0.3) is 0 Å². The SMILES string of the molecule is OCCSCCCCCCCCCCCCC#CC1CCCC1. The van der Waals surface area contributed by atoms with Crippen molar-refractivity contribution >= 4 is 11.8 Å². The molecule has 0 bridgehead atoms. The zero-order valence-corrected chi connectivity index (χ0v) is 16.0. The average Bonchev–Trinajstić information content (AvgIpc) is 3.08. The van der Waals surface area contributed by atoms with Crippen LogP contribution in [0.3, 0.4) is 0 Å². The minimum atomic E-state index is 0.331. The van der Waals surface area contributed by atoms with Gasteiger partial charge in [-0.25, -0.2) is 0 Å². The molecule has 0 aromatic heterocycles. The molecule has 23 heavy (non-hydrogen) atoms. The van der Waals surface area contributed by atoms with Crippen LogP contribution in [-0.2, 0) is 0 Å². The molecule has 0 radical (unpaired) electrons. The molecule has 0 saturated heterocycles. The first kappa shape index (κ1) is 20.9. The van der Waals surface area contributed by atoms with Gasteiger partial charge in [0.1, 0.15) is 0 Å². The maximum atomic E-state index is 8.69. The standard InChI is InChI=1S/C21H38OS/c22-18-20-23-19-14-10-8-6-4-2-1-3-5-7-9-11-15-21-16-12-13-17-21/h21-22H,1-10,12-14,16-20H2. The largest absolute Gasteiger partial charge is 0.396 e. The highest BCUT2D eigenvalue weighted by atomic mass is 32.2. The lowest BCUT2D eigenvalue weighted by Gasteiger charge is -2.02. The maximum absolute atomic E-state index is 8.69. The van der Waals surface area contributed by atoms with E-state index in [2.05, 4.69) is 11.8 Å². The van der Waals surface area contributed by atoms with Crippen molar-refractivity contribution in [2.75, 3.05) is 18.1 Å². The molecular formula is C21H38OS. The summed E-state index contributed by atoms with van der Waals surface area (Å²) in [6.45, 7) is 0.331. The molecule has 0 spiro atoms. The first-order chi connectivity index (χ1) is 11.4. The van der Waals surface area contributed by atoms with Crippen molar-refractivity contribution in [2.45, 2.75) is 96.3 Å². The van der Waals surface area contributed by atoms with Crippen LogP contribution < -0.4 is 0 Å². The molecule has 134 valence electrons. The Morgan fingerprint density at radius 2 is 1.30 bits per heavy atom. The van der Waals surface area contributed by atoms with Crippen LogP contribution >= 0.6 is 11.8 Å². The second kappa shape index (κ2) is 16.7. The van der Waals surface area contributed by atoms with E-state index in [1.807, 2.05) is 11.8 Å². The van der Waals surface area contributed by atoms with Gasteiger partial charge in [0.2, 0.25) is 0 Å². The summed E-state index contributed by atoms with van der Waals surface area (Å²) < 4.78 is 0. The number of aliphatic hydroxyl groups excluding tert-OH is 1. The fraction of sp³-hybridized carbons (Fsp3) is 0.905. The van der Waals surface area contributed by atoms with E-state index in [0.29, 0.717) is 6.61 Å². The van der Waals surface area contributed by atoms with E-state index in [0.717, 1.165) is 18.1 Å². The Hall–Kier alpha value is -0.130. The van der Waals surface area contributed by atoms with Crippen molar-refractivity contribution in [1.29, 1.82) is 0 Å². The third-order valence-electron chi connectivity index (χ3n) is 4.74. The summed E-state index contributed by atoms with van der Waals surface area (Å²) in [7, 11) is 0. The highest BCUT2D eigenvalue weighted by Crippen LogP contribution is 2.23. The lowest BCUT2D eigenvalue weighted by atomic mass is 10.1. The van der Waals surface area contributed by atoms with Gasteiger partial charge in [-0.1, -0.05) is 70.1 Å². The smallest absolute Gasteiger partial charge is 0.0521 e. The molecule has 0 aromatic rings. The first-order valence-electron chi connectivity index (χ1n) is 10.1. The molecule has 1 aliphatic rings. The van der Waals surface area contributed by atoms with E-state index in [1.165, 1.54) is 95.6 Å². The Morgan fingerprint density at radius 3 is 1.91 bits per heavy atom. The van der Waals surface area contributed by atoms with E-state index in [-0.39, 0.29) is 0 Å². The van der Waals surface area contributed by atoms with Gasteiger partial charge in [0.05, 0.1) is 6.61 Å². The van der Waals surface area contributed by atoms with E-state index >= 15 is 0 Å². The first-order valence-corrected chi connectivity index (χ1v) is 11.3. The van der Waals surface area contributed by atoms with Crippen LogP contribution in [0.15, 0.2) is 0 Å². The van der Waals surface area contributed by atoms with Gasteiger partial charge in [0, 0.05) is 18.1 Å². The number of hydrogen-bond donors (Lipinski definition) is 1. The highest BCUT2D eigenvalue weighted by molar-refractivity contribution is 7.99. The second-order valence-corrected chi connectivity index (χ2v) is 8.15. The second-order valence-electron chi connectivity index (χ2n) is 6.92. The predicted molar refractivity (Wildman–Crippen MR) is 105 cm³/mol. The van der Waals surface area contributed by atoms with Gasteiger partial charge in [0.15, 0.2) is 0 Å². The van der Waals surface area contributed by atoms with Crippen LogP contribution in [-0.4, -0.2) is 23.2 Å². The lowest BCUT2D eigenvalue weighted by Crippen LogP contribution is -1.89. The molecule has 0 aromatic carbocycles. The van der Waals surface area contributed by atoms with Gasteiger partial charge < -0.3 is 5.11 Å². The molecule has 1 fully saturated rings. The molecule has 1 rings (SSSR count). The highest BCUT2D eigenvalue weighted by Gasteiger charge is 2.10. The minimum absolute atomic E-state index is 0.331. The summed E-state index contributed by atoms with van der Waals surface area (Å²) in [6, 6.07) is 0. The minimum Gasteiger partial charge on any atom is -0.396 e. The summed E-state index contributed by atoms with van der Waals surface area (Å²) in [5.74, 6) is 9.74. The van der Waals surface area contributed by atoms with E-state index < -0.39 is 0 Å². The molecule has 0 atom stereocenters. The molecule has 1 nitrogen and oxygen atoms in total. The molecule has 2 heteroatoms. The molecule has 0 heterocycles. The monoisotopic (exact) mass is 338 g/mol. The fourth-order valence-electron chi connectivity index (χ4n) is 3.28. The lowest BCUT2D eigenvalue weighted by molar-refractivity contribution is 0.322. The molecular weight excluding hydrogens is 300 g/mol. The van der Waals surface area contributed by atoms with Crippen molar-refractivity contribution in [1.82, 2.24) is 0 Å². The topological polar surface area (TPSA) is 20.2 Å². The van der Waals surface area contributed by atoms with Gasteiger partial charge in [-0.15, -0.1) is 5.92 Å². The average molecular weight is 339 g/mol. The van der Waals surface area contributed by atoms with E-state index in [4.69, 9.17) is 5.11 Å². The number of thioether (sulfide) groups is 1. The molecule has 1 saturated carbocycles. The van der Waals surface area contributed by atoms with Crippen molar-refractivity contribution in [2.24, 2.45) is 5.92 Å². The molecule has 0 unspecified atom stereocenters. The van der Waals surface area contributed by atoms with Gasteiger partial charge >= 0.3 is 0 Å². The van der Waals surface area contributed by atoms with Crippen LogP contribution in [0, 0.1) is 17.8 Å². The third kappa shape index (κ3) is 14.0. The predicted octanol–water partition coefficient (Wildman–Crippen LogP) is 6.20. The number of hydrogen-bond acceptors (Lipinski definition) is 2. The van der Waals surface area contributed by atoms with E-state index in [9.17, 15) is 0 Å². The quantitative estimate of drug-likeness (QED) is 0.301. The van der Waals surface area contributed by atoms with E-state index in [1.54, 1.807) is 0 Å². The summed E-state index contributed by atoms with van der Waals surface area (Å²) in [5, 5.41) is 8.69. The number of rotatable bonds is 14. The zero-order valence-electron chi connectivity index (χ0n) is 15.2. The molecule has 1 aliphatic carbocycles. The van der Waals surface area contributed by atoms with Crippen LogP contribution in [0.1, 0.15) is 96.3 Å². The molecule has 0 aliphatic heterocycles. The van der Waals surface area contributed by atoms with Crippen molar-refractivity contribution < 1.29 is 5.11 Å². The van der Waals surface area contributed by atoms with Crippen LogP contribution in [0.2, 0.25) is 0 Å². The molecule has 0 amide bonds. The zero-order chi connectivity index (χ0) is 16.4. The third-order valence-corrected chi connectivity index (χ3v) is 5.79. The summed E-state index contributed by atoms with van der Waals surface area (Å²) in [5.41, 5.74) is 0. The Morgan fingerprint density at radius 1 is 0.739 bits per heavy atom. The summed E-state index contributed by atoms with van der Waals surface area (Å²) in [6.07, 6.45) is 20.5. The summed E-state index contributed by atoms with van der Waals surface area (Å²) in [4.78, 5) is 0. The van der Waals surface area contributed by atoms with Crippen LogP contribution in [0.5, 0.6) is 0 Å². The van der Waals surface area contributed by atoms with Gasteiger partial charge in [-0.3, -0.25) is 0 Å². The maximum Gasteiger partial charge on any atom is 0.0521 e. The molecule has 1 N–H and O–H groups in total. The van der Waals surface area contributed by atoms with Gasteiger partial charge in [-0.2, -0.15) is 11.8 Å². The van der Waals surface area contributed by atoms with Crippen LogP contribution in [0.25, 0.3) is 0 Å². The normalized spacial score (nSPS) is 14.8. The van der Waals surface area contributed by atoms with Crippen molar-refractivity contribution in [3.63, 3.8) is 0 Å². The van der Waals surface area contributed by atoms with Crippen LogP contribution in [0.4, 0.5) is 0 Å². The number of unbranched alkanes of at least 4 members (excludes halogenated alkanes) is 10. The Kier molecular flexibility index (Phi) is 15.2. The Labute approximate surface area is 149 Å². The fourth-order valence-corrected chi connectivity index (χ4v) is 4.03. The summed E-state index contributed by atoms with van der Waals surface area (Å²) >= 11 is 1.88. The van der Waals surface area contributed by atoms with Gasteiger partial charge in [-0.05, 0) is 31.4 Å². The Bertz CT molecular complexity index is 299.